The predicted octanol–water partition coefficient (Wildman–Crippen LogP) is 6.10. The Labute approximate surface area is 161 Å². The van der Waals surface area contributed by atoms with Gasteiger partial charge in [0.1, 0.15) is 0 Å². The fraction of sp³-hybridized carbons (Fsp3) is 0.833. The third kappa shape index (κ3) is 25.3. The van der Waals surface area contributed by atoms with Crippen LogP contribution in [0, 0.1) is 0 Å². The van der Waals surface area contributed by atoms with Crippen LogP contribution in [0.25, 0.3) is 0 Å². The van der Waals surface area contributed by atoms with Gasteiger partial charge < -0.3 is 5.11 Å². The van der Waals surface area contributed by atoms with Gasteiger partial charge in [-0.05, 0) is 32.1 Å². The minimum atomic E-state index is -0.664. The smallest absolute Gasteiger partial charge is 0.303 e. The number of hydrogen-bond donors (Lipinski definition) is 1. The molecule has 0 spiro atoms. The van der Waals surface area contributed by atoms with E-state index in [4.69, 9.17) is 5.11 Å². The molecule has 0 rings (SSSR count). The number of unbranched alkanes of at least 4 members (excludes halogenated alkanes) is 11. The first-order chi connectivity index (χ1) is 9.77. The summed E-state index contributed by atoms with van der Waals surface area (Å²) >= 11 is 0. The molecular weight excluding hydrogens is 369 g/mol. The molecule has 0 fully saturated rings. The molecule has 0 unspecified atom stereocenters. The largest absolute Gasteiger partial charge is 0.481 e. The maximum absolute atomic E-state index is 10.3. The summed E-state index contributed by atoms with van der Waals surface area (Å²) < 4.78 is 0. The number of hydrogen-bond acceptors (Lipinski definition) is 1. The van der Waals surface area contributed by atoms with E-state index >= 15 is 0 Å². The van der Waals surface area contributed by atoms with Gasteiger partial charge in [0.25, 0.3) is 0 Å². The first kappa shape index (κ1) is 27.2. The second-order valence-electron chi connectivity index (χ2n) is 5.73. The van der Waals surface area contributed by atoms with Crippen LogP contribution in [0.3, 0.4) is 0 Å². The van der Waals surface area contributed by atoms with Crippen molar-refractivity contribution in [3.63, 3.8) is 0 Å². The zero-order chi connectivity index (χ0) is 14.9. The Bertz CT molecular complexity index is 245. The maximum atomic E-state index is 10.3. The van der Waals surface area contributed by atoms with Gasteiger partial charge in [0, 0.05) is 43.0 Å². The molecule has 4 heteroatoms. The number of rotatable bonds is 15. The molecule has 0 atom stereocenters. The summed E-state index contributed by atoms with van der Waals surface area (Å²) in [5.41, 5.74) is 0. The number of aliphatic carboxylic acids is 1. The molecule has 22 heavy (non-hydrogen) atoms. The Morgan fingerprint density at radius 2 is 1.18 bits per heavy atom. The fourth-order valence-corrected chi connectivity index (χ4v) is 2.35. The van der Waals surface area contributed by atoms with Crippen LogP contribution in [-0.2, 0) is 41.3 Å². The number of carboxylic acid groups (broad SMARTS) is 1. The van der Waals surface area contributed by atoms with E-state index in [9.17, 15) is 4.79 Å². The molecule has 0 aromatic heterocycles. The Hall–Kier alpha value is 0.353. The Morgan fingerprint density at radius 3 is 1.64 bits per heavy atom. The van der Waals surface area contributed by atoms with Crippen molar-refractivity contribution in [2.75, 3.05) is 0 Å². The van der Waals surface area contributed by atoms with Gasteiger partial charge in [-0.1, -0.05) is 70.4 Å². The second-order valence-corrected chi connectivity index (χ2v) is 5.73. The fourth-order valence-electron chi connectivity index (χ4n) is 2.35. The average Bonchev–Trinajstić information content (AvgIpc) is 2.43. The van der Waals surface area contributed by atoms with Gasteiger partial charge in [-0.2, -0.15) is 0 Å². The van der Waals surface area contributed by atoms with Gasteiger partial charge in [0.2, 0.25) is 0 Å². The van der Waals surface area contributed by atoms with E-state index in [1.165, 1.54) is 70.6 Å². The summed E-state index contributed by atoms with van der Waals surface area (Å²) in [6.45, 7) is 2.26. The maximum Gasteiger partial charge on any atom is 0.303 e. The molecule has 0 aromatic rings. The molecule has 0 aliphatic rings. The van der Waals surface area contributed by atoms with Crippen molar-refractivity contribution >= 4 is 5.97 Å². The van der Waals surface area contributed by atoms with Gasteiger partial charge in [-0.25, -0.2) is 0 Å². The van der Waals surface area contributed by atoms with E-state index in [1.54, 1.807) is 0 Å². The van der Waals surface area contributed by atoms with E-state index in [1.807, 2.05) is 0 Å². The molecule has 0 bridgehead atoms. The van der Waals surface area contributed by atoms with Crippen LogP contribution < -0.4 is 0 Å². The third-order valence-electron chi connectivity index (χ3n) is 3.65. The third-order valence-corrected chi connectivity index (χ3v) is 3.65. The van der Waals surface area contributed by atoms with E-state index in [0.29, 0.717) is 6.42 Å². The zero-order valence-corrected chi connectivity index (χ0v) is 18.5. The normalized spacial score (nSPS) is 10.2. The van der Waals surface area contributed by atoms with Crippen LogP contribution in [0.15, 0.2) is 12.2 Å². The quantitative estimate of drug-likeness (QED) is 0.204. The van der Waals surface area contributed by atoms with Crippen molar-refractivity contribution in [2.45, 2.75) is 96.8 Å². The van der Waals surface area contributed by atoms with Crippen molar-refractivity contribution in [3.05, 3.63) is 12.2 Å². The van der Waals surface area contributed by atoms with E-state index in [2.05, 4.69) is 19.1 Å². The molecule has 0 aromatic carbocycles. The molecular formula is C18H34FeO2Zn. The van der Waals surface area contributed by atoms with E-state index in [0.717, 1.165) is 12.8 Å². The van der Waals surface area contributed by atoms with Gasteiger partial charge in [-0.15, -0.1) is 0 Å². The zero-order valence-electron chi connectivity index (χ0n) is 14.5. The van der Waals surface area contributed by atoms with Crippen molar-refractivity contribution in [2.24, 2.45) is 0 Å². The Morgan fingerprint density at radius 1 is 0.773 bits per heavy atom. The second kappa shape index (κ2) is 23.6. The number of allylic oxidation sites excluding steroid dienone is 2. The first-order valence-corrected chi connectivity index (χ1v) is 8.64. The van der Waals surface area contributed by atoms with Gasteiger partial charge in [0.05, 0.1) is 0 Å². The van der Waals surface area contributed by atoms with Gasteiger partial charge in [0.15, 0.2) is 0 Å². The average molecular weight is 404 g/mol. The molecule has 2 nitrogen and oxygen atoms in total. The topological polar surface area (TPSA) is 37.3 Å². The van der Waals surface area contributed by atoms with Crippen LogP contribution in [-0.4, -0.2) is 11.1 Å². The minimum Gasteiger partial charge on any atom is -0.481 e. The van der Waals surface area contributed by atoms with Crippen molar-refractivity contribution in [3.8, 4) is 0 Å². The summed E-state index contributed by atoms with van der Waals surface area (Å²) in [5, 5.41) is 8.51. The van der Waals surface area contributed by atoms with Crippen LogP contribution in [0.2, 0.25) is 0 Å². The minimum absolute atomic E-state index is 0. The molecule has 0 radical (unpaired) electrons. The number of carboxylic acids is 1. The molecule has 128 valence electrons. The van der Waals surface area contributed by atoms with Crippen LogP contribution in [0.5, 0.6) is 0 Å². The van der Waals surface area contributed by atoms with Crippen LogP contribution >= 0.6 is 0 Å². The summed E-state index contributed by atoms with van der Waals surface area (Å²) in [6, 6.07) is 0. The molecule has 0 heterocycles. The standard InChI is InChI=1S/C18H34O2.Fe.Zn/c1-2-3-4-5-6-7-8-9-10-11-12-13-14-15-16-17-18(19)20;;/h9-10H,2-8,11-17H2,1H3,(H,19,20);;. The Balaban J connectivity index is -0.00000180. The molecule has 0 saturated carbocycles. The number of carbonyl (C=O) groups is 1. The first-order valence-electron chi connectivity index (χ1n) is 8.64. The van der Waals surface area contributed by atoms with Crippen LogP contribution in [0.4, 0.5) is 0 Å². The molecule has 0 aliphatic carbocycles. The molecule has 0 aliphatic heterocycles. The molecule has 0 saturated heterocycles. The van der Waals surface area contributed by atoms with Crippen LogP contribution in [0.1, 0.15) is 96.8 Å². The van der Waals surface area contributed by atoms with Crippen molar-refractivity contribution in [1.29, 1.82) is 0 Å². The van der Waals surface area contributed by atoms with Crippen molar-refractivity contribution in [1.82, 2.24) is 0 Å². The summed E-state index contributed by atoms with van der Waals surface area (Å²) in [4.78, 5) is 10.3. The van der Waals surface area contributed by atoms with Gasteiger partial charge >= 0.3 is 5.97 Å². The summed E-state index contributed by atoms with van der Waals surface area (Å²) in [6.07, 6.45) is 21.2. The van der Waals surface area contributed by atoms with Crippen molar-refractivity contribution < 1.29 is 46.4 Å². The SMILES string of the molecule is CCCCCCCCC=CCCCCCCCC(=O)O.[Fe].[Zn]. The summed E-state index contributed by atoms with van der Waals surface area (Å²) in [5.74, 6) is -0.664. The predicted molar refractivity (Wildman–Crippen MR) is 87.1 cm³/mol. The van der Waals surface area contributed by atoms with E-state index in [-0.39, 0.29) is 36.5 Å². The molecule has 1 N–H and O–H groups in total. The Kier molecular flexibility index (Phi) is 29.2. The van der Waals surface area contributed by atoms with E-state index < -0.39 is 5.97 Å². The molecule has 0 amide bonds. The monoisotopic (exact) mass is 402 g/mol. The van der Waals surface area contributed by atoms with Gasteiger partial charge in [-0.3, -0.25) is 4.79 Å². The summed E-state index contributed by atoms with van der Waals surface area (Å²) in [7, 11) is 0.